The van der Waals surface area contributed by atoms with E-state index in [9.17, 15) is 0 Å². The van der Waals surface area contributed by atoms with Crippen LogP contribution in [0.2, 0.25) is 0 Å². The van der Waals surface area contributed by atoms with Gasteiger partial charge in [0.25, 0.3) is 0 Å². The highest BCUT2D eigenvalue weighted by Crippen LogP contribution is 2.05. The lowest BCUT2D eigenvalue weighted by Gasteiger charge is -2.00. The summed E-state index contributed by atoms with van der Waals surface area (Å²) in [6.45, 7) is 2.82. The van der Waals surface area contributed by atoms with Gasteiger partial charge in [-0.3, -0.25) is 4.40 Å². The van der Waals surface area contributed by atoms with E-state index in [-0.39, 0.29) is 0 Å². The molecule has 0 spiro atoms. The van der Waals surface area contributed by atoms with Crippen molar-refractivity contribution in [3.63, 3.8) is 0 Å². The van der Waals surface area contributed by atoms with Crippen LogP contribution in [-0.4, -0.2) is 21.6 Å². The maximum absolute atomic E-state index is 4.01. The highest BCUT2D eigenvalue weighted by molar-refractivity contribution is 5.39. The predicted octanol–water partition coefficient (Wildman–Crippen LogP) is 0.757. The monoisotopic (exact) mass is 176 g/mol. The third kappa shape index (κ3) is 1.40. The van der Waals surface area contributed by atoms with Crippen LogP contribution in [0.1, 0.15) is 11.4 Å². The average molecular weight is 176 g/mol. The molecule has 2 aromatic rings. The number of aromatic nitrogens is 3. The van der Waals surface area contributed by atoms with Crippen LogP contribution in [0.4, 0.5) is 0 Å². The zero-order valence-corrected chi connectivity index (χ0v) is 7.78. The fourth-order valence-corrected chi connectivity index (χ4v) is 1.36. The highest BCUT2D eigenvalue weighted by Gasteiger charge is 2.00. The van der Waals surface area contributed by atoms with E-state index >= 15 is 0 Å². The van der Waals surface area contributed by atoms with Crippen LogP contribution >= 0.6 is 0 Å². The Labute approximate surface area is 76.6 Å². The van der Waals surface area contributed by atoms with E-state index in [1.165, 1.54) is 5.56 Å². The zero-order valence-electron chi connectivity index (χ0n) is 7.78. The second kappa shape index (κ2) is 3.14. The van der Waals surface area contributed by atoms with Crippen molar-refractivity contribution in [3.8, 4) is 0 Å². The molecule has 4 heteroatoms. The van der Waals surface area contributed by atoms with Crippen molar-refractivity contribution < 1.29 is 0 Å². The standard InChI is InChI=1S/C9H12N4/c1-7-11-12-9-4-3-8(5-10-2)6-13(7)9/h3-4,6,10H,5H2,1-2H3. The second-order valence-electron chi connectivity index (χ2n) is 3.04. The van der Waals surface area contributed by atoms with Gasteiger partial charge < -0.3 is 5.32 Å². The molecule has 0 aliphatic heterocycles. The number of hydrogen-bond donors (Lipinski definition) is 1. The molecule has 2 aromatic heterocycles. The van der Waals surface area contributed by atoms with Gasteiger partial charge in [0, 0.05) is 12.7 Å². The van der Waals surface area contributed by atoms with E-state index in [0.717, 1.165) is 18.0 Å². The molecule has 2 heterocycles. The van der Waals surface area contributed by atoms with Crippen LogP contribution in [0, 0.1) is 6.92 Å². The van der Waals surface area contributed by atoms with E-state index in [2.05, 4.69) is 27.8 Å². The van der Waals surface area contributed by atoms with Crippen molar-refractivity contribution in [1.29, 1.82) is 0 Å². The van der Waals surface area contributed by atoms with Crippen molar-refractivity contribution in [2.45, 2.75) is 13.5 Å². The minimum Gasteiger partial charge on any atom is -0.316 e. The van der Waals surface area contributed by atoms with Gasteiger partial charge in [0.15, 0.2) is 5.65 Å². The molecule has 0 aliphatic rings. The van der Waals surface area contributed by atoms with Crippen LogP contribution < -0.4 is 5.32 Å². The van der Waals surface area contributed by atoms with E-state index in [1.807, 2.05) is 24.4 Å². The Morgan fingerprint density at radius 2 is 2.23 bits per heavy atom. The first-order valence-electron chi connectivity index (χ1n) is 4.26. The Kier molecular flexibility index (Phi) is 1.98. The Morgan fingerprint density at radius 3 is 3.00 bits per heavy atom. The van der Waals surface area contributed by atoms with Gasteiger partial charge in [-0.2, -0.15) is 0 Å². The largest absolute Gasteiger partial charge is 0.316 e. The van der Waals surface area contributed by atoms with Crippen LogP contribution in [-0.2, 0) is 6.54 Å². The quantitative estimate of drug-likeness (QED) is 0.734. The lowest BCUT2D eigenvalue weighted by Crippen LogP contribution is -2.05. The molecular weight excluding hydrogens is 164 g/mol. The fraction of sp³-hybridized carbons (Fsp3) is 0.333. The second-order valence-corrected chi connectivity index (χ2v) is 3.04. The Hall–Kier alpha value is -1.42. The maximum atomic E-state index is 4.01. The summed E-state index contributed by atoms with van der Waals surface area (Å²) in [4.78, 5) is 0. The molecular formula is C9H12N4. The first-order valence-corrected chi connectivity index (χ1v) is 4.26. The lowest BCUT2D eigenvalue weighted by molar-refractivity contribution is 0.809. The highest BCUT2D eigenvalue weighted by atomic mass is 15.2. The molecule has 0 fully saturated rings. The summed E-state index contributed by atoms with van der Waals surface area (Å²) >= 11 is 0. The Morgan fingerprint density at radius 1 is 1.38 bits per heavy atom. The number of aryl methyl sites for hydroxylation is 1. The summed E-state index contributed by atoms with van der Waals surface area (Å²) in [6, 6.07) is 4.03. The number of nitrogens with one attached hydrogen (secondary N) is 1. The van der Waals surface area contributed by atoms with Gasteiger partial charge >= 0.3 is 0 Å². The number of fused-ring (bicyclic) bond motifs is 1. The molecule has 0 amide bonds. The van der Waals surface area contributed by atoms with Crippen molar-refractivity contribution in [3.05, 3.63) is 29.7 Å². The minimum absolute atomic E-state index is 0.869. The predicted molar refractivity (Wildman–Crippen MR) is 50.5 cm³/mol. The molecule has 13 heavy (non-hydrogen) atoms. The van der Waals surface area contributed by atoms with Gasteiger partial charge in [0.1, 0.15) is 5.82 Å². The number of hydrogen-bond acceptors (Lipinski definition) is 3. The smallest absolute Gasteiger partial charge is 0.160 e. The molecule has 0 bridgehead atoms. The summed E-state index contributed by atoms with van der Waals surface area (Å²) in [5, 5.41) is 11.1. The number of rotatable bonds is 2. The topological polar surface area (TPSA) is 42.2 Å². The van der Waals surface area contributed by atoms with Crippen molar-refractivity contribution >= 4 is 5.65 Å². The summed E-state index contributed by atoms with van der Waals surface area (Å²) in [7, 11) is 1.93. The van der Waals surface area contributed by atoms with Gasteiger partial charge in [0.2, 0.25) is 0 Å². The third-order valence-electron chi connectivity index (χ3n) is 2.01. The van der Waals surface area contributed by atoms with Crippen LogP contribution in [0.25, 0.3) is 5.65 Å². The van der Waals surface area contributed by atoms with Crippen molar-refractivity contribution in [1.82, 2.24) is 19.9 Å². The van der Waals surface area contributed by atoms with Gasteiger partial charge in [-0.15, -0.1) is 10.2 Å². The zero-order chi connectivity index (χ0) is 9.26. The van der Waals surface area contributed by atoms with Gasteiger partial charge in [-0.1, -0.05) is 6.07 Å². The number of nitrogens with zero attached hydrogens (tertiary/aromatic N) is 3. The summed E-state index contributed by atoms with van der Waals surface area (Å²) in [5.41, 5.74) is 2.13. The Balaban J connectivity index is 2.53. The van der Waals surface area contributed by atoms with E-state index in [0.29, 0.717) is 0 Å². The number of pyridine rings is 1. The molecule has 0 atom stereocenters. The molecule has 0 aromatic carbocycles. The van der Waals surface area contributed by atoms with Crippen LogP contribution in [0.5, 0.6) is 0 Å². The van der Waals surface area contributed by atoms with Gasteiger partial charge in [-0.05, 0) is 25.6 Å². The maximum Gasteiger partial charge on any atom is 0.160 e. The Bertz CT molecular complexity index is 418. The van der Waals surface area contributed by atoms with E-state index in [1.54, 1.807) is 0 Å². The summed E-state index contributed by atoms with van der Waals surface area (Å²) in [5.74, 6) is 0.924. The van der Waals surface area contributed by atoms with Gasteiger partial charge in [-0.25, -0.2) is 0 Å². The molecule has 68 valence electrons. The van der Waals surface area contributed by atoms with Crippen molar-refractivity contribution in [2.24, 2.45) is 0 Å². The molecule has 0 saturated carbocycles. The molecule has 0 saturated heterocycles. The summed E-state index contributed by atoms with van der Waals surface area (Å²) in [6.07, 6.45) is 2.06. The normalized spacial score (nSPS) is 10.9. The molecule has 0 radical (unpaired) electrons. The molecule has 1 N–H and O–H groups in total. The molecule has 4 nitrogen and oxygen atoms in total. The third-order valence-corrected chi connectivity index (χ3v) is 2.01. The average Bonchev–Trinajstić information content (AvgIpc) is 2.49. The molecule has 2 rings (SSSR count). The van der Waals surface area contributed by atoms with Crippen molar-refractivity contribution in [2.75, 3.05) is 7.05 Å². The summed E-state index contributed by atoms with van der Waals surface area (Å²) < 4.78 is 1.99. The lowest BCUT2D eigenvalue weighted by atomic mass is 10.3. The molecule has 0 aliphatic carbocycles. The van der Waals surface area contributed by atoms with Gasteiger partial charge in [0.05, 0.1) is 0 Å². The first-order chi connectivity index (χ1) is 6.31. The van der Waals surface area contributed by atoms with Crippen LogP contribution in [0.3, 0.4) is 0 Å². The van der Waals surface area contributed by atoms with Crippen LogP contribution in [0.15, 0.2) is 18.3 Å². The minimum atomic E-state index is 0.869. The SMILES string of the molecule is CNCc1ccc2nnc(C)n2c1. The fourth-order valence-electron chi connectivity index (χ4n) is 1.36. The first kappa shape index (κ1) is 8.19. The molecule has 0 unspecified atom stereocenters. The van der Waals surface area contributed by atoms with E-state index < -0.39 is 0 Å². The van der Waals surface area contributed by atoms with E-state index in [4.69, 9.17) is 0 Å².